The fraction of sp³-hybridized carbons (Fsp3) is 0.667. The second kappa shape index (κ2) is 8.64. The van der Waals surface area contributed by atoms with Crippen molar-refractivity contribution in [2.24, 2.45) is 5.92 Å². The molecule has 0 aliphatic carbocycles. The van der Waals surface area contributed by atoms with Crippen LogP contribution in [0.3, 0.4) is 0 Å². The lowest BCUT2D eigenvalue weighted by atomic mass is 10.2. The third-order valence-corrected chi connectivity index (χ3v) is 3.07. The molecule has 0 aliphatic heterocycles. The molecule has 5 heteroatoms. The highest BCUT2D eigenvalue weighted by molar-refractivity contribution is 5.53. The summed E-state index contributed by atoms with van der Waals surface area (Å²) in [7, 11) is 0. The van der Waals surface area contributed by atoms with E-state index < -0.39 is 0 Å². The topological polar surface area (TPSA) is 63.4 Å². The first-order valence-electron chi connectivity index (χ1n) is 7.42. The van der Waals surface area contributed by atoms with Crippen molar-refractivity contribution in [2.75, 3.05) is 43.8 Å². The molecule has 5 nitrogen and oxygen atoms in total. The van der Waals surface area contributed by atoms with Gasteiger partial charge < -0.3 is 20.7 Å². The van der Waals surface area contributed by atoms with Gasteiger partial charge in [0.1, 0.15) is 5.82 Å². The van der Waals surface area contributed by atoms with E-state index in [-0.39, 0.29) is 0 Å². The van der Waals surface area contributed by atoms with Crippen LogP contribution in [-0.2, 0) is 0 Å². The van der Waals surface area contributed by atoms with Gasteiger partial charge in [-0.2, -0.15) is 4.98 Å². The number of anilines is 2. The quantitative estimate of drug-likeness (QED) is 0.727. The number of rotatable bonds is 9. The highest BCUT2D eigenvalue weighted by atomic mass is 16.5. The lowest BCUT2D eigenvalue weighted by molar-refractivity contribution is 0.263. The van der Waals surface area contributed by atoms with Crippen LogP contribution in [0.25, 0.3) is 0 Å². The van der Waals surface area contributed by atoms with Crippen LogP contribution in [0.1, 0.15) is 27.7 Å². The number of nitrogen functional groups attached to an aromatic ring is 1. The van der Waals surface area contributed by atoms with Crippen molar-refractivity contribution < 1.29 is 4.74 Å². The Morgan fingerprint density at radius 3 is 2.60 bits per heavy atom. The Kier molecular flexibility index (Phi) is 7.15. The van der Waals surface area contributed by atoms with Gasteiger partial charge in [-0.1, -0.05) is 27.7 Å². The van der Waals surface area contributed by atoms with Gasteiger partial charge in [-0.05, 0) is 31.1 Å². The van der Waals surface area contributed by atoms with Crippen LogP contribution in [-0.4, -0.2) is 42.7 Å². The summed E-state index contributed by atoms with van der Waals surface area (Å²) < 4.78 is 5.62. The summed E-state index contributed by atoms with van der Waals surface area (Å²) in [5.74, 6) is 1.78. The summed E-state index contributed by atoms with van der Waals surface area (Å²) in [5.41, 5.74) is 6.46. The van der Waals surface area contributed by atoms with E-state index in [9.17, 15) is 0 Å². The Balaban J connectivity index is 2.52. The molecule has 0 aliphatic rings. The number of nitrogens with zero attached hydrogens (tertiary/aromatic N) is 2. The van der Waals surface area contributed by atoms with Gasteiger partial charge in [-0.15, -0.1) is 0 Å². The van der Waals surface area contributed by atoms with Gasteiger partial charge in [0.15, 0.2) is 0 Å². The third-order valence-electron chi connectivity index (χ3n) is 3.07. The zero-order valence-corrected chi connectivity index (χ0v) is 13.1. The molecule has 1 aromatic heterocycles. The molecule has 0 amide bonds. The molecule has 0 atom stereocenters. The monoisotopic (exact) mass is 280 g/mol. The van der Waals surface area contributed by atoms with Gasteiger partial charge in [0.2, 0.25) is 5.88 Å². The highest BCUT2D eigenvalue weighted by Gasteiger charge is 2.06. The molecule has 0 fully saturated rings. The maximum atomic E-state index is 5.87. The molecule has 0 bridgehead atoms. The SMILES string of the molecule is CCN(CC)CCNc1ccc(N)c(OCC(C)C)n1. The number of nitrogens with two attached hydrogens (primary N) is 1. The first-order valence-corrected chi connectivity index (χ1v) is 7.42. The minimum absolute atomic E-state index is 0.454. The summed E-state index contributed by atoms with van der Waals surface area (Å²) in [6.07, 6.45) is 0. The molecular weight excluding hydrogens is 252 g/mol. The first-order chi connectivity index (χ1) is 9.56. The van der Waals surface area contributed by atoms with Gasteiger partial charge in [0.05, 0.1) is 12.3 Å². The molecule has 0 saturated heterocycles. The minimum atomic E-state index is 0.454. The Labute approximate surface area is 122 Å². The second-order valence-corrected chi connectivity index (χ2v) is 5.25. The molecule has 1 aromatic rings. The maximum absolute atomic E-state index is 5.87. The van der Waals surface area contributed by atoms with Crippen molar-refractivity contribution in [2.45, 2.75) is 27.7 Å². The summed E-state index contributed by atoms with van der Waals surface area (Å²) in [5, 5.41) is 3.31. The van der Waals surface area contributed by atoms with Gasteiger partial charge in [-0.25, -0.2) is 0 Å². The lowest BCUT2D eigenvalue weighted by Gasteiger charge is -2.18. The molecule has 0 unspecified atom stereocenters. The average Bonchev–Trinajstić information content (AvgIpc) is 2.43. The maximum Gasteiger partial charge on any atom is 0.239 e. The van der Waals surface area contributed by atoms with Crippen molar-refractivity contribution in [1.82, 2.24) is 9.88 Å². The zero-order valence-electron chi connectivity index (χ0n) is 13.1. The van der Waals surface area contributed by atoms with E-state index >= 15 is 0 Å². The predicted octanol–water partition coefficient (Wildman–Crippen LogP) is 2.45. The number of pyridine rings is 1. The summed E-state index contributed by atoms with van der Waals surface area (Å²) in [4.78, 5) is 6.78. The van der Waals surface area contributed by atoms with E-state index in [1.165, 1.54) is 0 Å². The van der Waals surface area contributed by atoms with Gasteiger partial charge in [0.25, 0.3) is 0 Å². The molecule has 1 rings (SSSR count). The number of ether oxygens (including phenoxy) is 1. The number of hydrogen-bond acceptors (Lipinski definition) is 5. The molecule has 0 aromatic carbocycles. The van der Waals surface area contributed by atoms with E-state index in [4.69, 9.17) is 10.5 Å². The van der Waals surface area contributed by atoms with Gasteiger partial charge in [-0.3, -0.25) is 0 Å². The van der Waals surface area contributed by atoms with Gasteiger partial charge in [0, 0.05) is 13.1 Å². The second-order valence-electron chi connectivity index (χ2n) is 5.25. The van der Waals surface area contributed by atoms with Crippen LogP contribution in [0.5, 0.6) is 5.88 Å². The molecule has 0 saturated carbocycles. The van der Waals surface area contributed by atoms with Crippen LogP contribution in [0, 0.1) is 5.92 Å². The minimum Gasteiger partial charge on any atom is -0.476 e. The number of hydrogen-bond donors (Lipinski definition) is 2. The number of likely N-dealkylation sites (N-methyl/N-ethyl adjacent to an activating group) is 1. The van der Waals surface area contributed by atoms with Crippen LogP contribution < -0.4 is 15.8 Å². The van der Waals surface area contributed by atoms with Crippen LogP contribution >= 0.6 is 0 Å². The summed E-state index contributed by atoms with van der Waals surface area (Å²) >= 11 is 0. The molecule has 1 heterocycles. The smallest absolute Gasteiger partial charge is 0.239 e. The Bertz CT molecular complexity index is 391. The first kappa shape index (κ1) is 16.6. The van der Waals surface area contributed by atoms with Crippen LogP contribution in [0.15, 0.2) is 12.1 Å². The molecule has 0 spiro atoms. The fourth-order valence-corrected chi connectivity index (χ4v) is 1.79. The van der Waals surface area contributed by atoms with Crippen molar-refractivity contribution in [3.8, 4) is 5.88 Å². The standard InChI is InChI=1S/C15H28N4O/c1-5-19(6-2)10-9-17-14-8-7-13(16)15(18-14)20-11-12(3)4/h7-8,12H,5-6,9-11,16H2,1-4H3,(H,17,18). The summed E-state index contributed by atoms with van der Waals surface area (Å²) in [6.45, 7) is 13.2. The molecule has 0 radical (unpaired) electrons. The van der Waals surface area contributed by atoms with E-state index in [1.807, 2.05) is 12.1 Å². The van der Waals surface area contributed by atoms with Gasteiger partial charge >= 0.3 is 0 Å². The van der Waals surface area contributed by atoms with Crippen LogP contribution in [0.4, 0.5) is 11.5 Å². The van der Waals surface area contributed by atoms with E-state index in [1.54, 1.807) is 0 Å². The van der Waals surface area contributed by atoms with Crippen molar-refractivity contribution >= 4 is 11.5 Å². The largest absolute Gasteiger partial charge is 0.476 e. The Morgan fingerprint density at radius 2 is 2.00 bits per heavy atom. The predicted molar refractivity (Wildman–Crippen MR) is 85.3 cm³/mol. The molecular formula is C15H28N4O. The summed E-state index contributed by atoms with van der Waals surface area (Å²) in [6, 6.07) is 3.72. The normalized spacial score (nSPS) is 11.1. The lowest BCUT2D eigenvalue weighted by Crippen LogP contribution is -2.28. The van der Waals surface area contributed by atoms with Crippen molar-refractivity contribution in [3.05, 3.63) is 12.1 Å². The highest BCUT2D eigenvalue weighted by Crippen LogP contribution is 2.21. The molecule has 3 N–H and O–H groups in total. The fourth-order valence-electron chi connectivity index (χ4n) is 1.79. The molecule has 114 valence electrons. The number of nitrogens with one attached hydrogen (secondary N) is 1. The zero-order chi connectivity index (χ0) is 15.0. The average molecular weight is 280 g/mol. The number of aromatic nitrogens is 1. The Morgan fingerprint density at radius 1 is 1.30 bits per heavy atom. The third kappa shape index (κ3) is 5.65. The molecule has 20 heavy (non-hydrogen) atoms. The van der Waals surface area contributed by atoms with E-state index in [0.717, 1.165) is 32.0 Å². The van der Waals surface area contributed by atoms with E-state index in [2.05, 4.69) is 42.9 Å². The van der Waals surface area contributed by atoms with E-state index in [0.29, 0.717) is 24.1 Å². The van der Waals surface area contributed by atoms with Crippen molar-refractivity contribution in [1.29, 1.82) is 0 Å². The Hall–Kier alpha value is -1.49. The van der Waals surface area contributed by atoms with Crippen LogP contribution in [0.2, 0.25) is 0 Å². The van der Waals surface area contributed by atoms with Crippen molar-refractivity contribution in [3.63, 3.8) is 0 Å².